The number of hydrogen-bond acceptors (Lipinski definition) is 2. The summed E-state index contributed by atoms with van der Waals surface area (Å²) in [7, 11) is 0. The largest absolute Gasteiger partial charge is 0.396 e. The Bertz CT molecular complexity index is 412. The van der Waals surface area contributed by atoms with Crippen molar-refractivity contribution in [2.24, 2.45) is 11.8 Å². The summed E-state index contributed by atoms with van der Waals surface area (Å²) in [5.74, 6) is 1.88. The van der Waals surface area contributed by atoms with Crippen LogP contribution in [0.25, 0.3) is 0 Å². The van der Waals surface area contributed by atoms with E-state index in [1.807, 2.05) is 13.8 Å². The van der Waals surface area contributed by atoms with Gasteiger partial charge in [-0.2, -0.15) is 0 Å². The number of hydrogen-bond donors (Lipinski definition) is 1. The number of ether oxygens (including phenoxy) is 1. The molecule has 0 aromatic heterocycles. The van der Waals surface area contributed by atoms with Gasteiger partial charge in [0.1, 0.15) is 0 Å². The van der Waals surface area contributed by atoms with Crippen LogP contribution in [-0.2, 0) is 4.74 Å². The molecule has 0 amide bonds. The Morgan fingerprint density at radius 1 is 1.00 bits per heavy atom. The van der Waals surface area contributed by atoms with Gasteiger partial charge in [0.25, 0.3) is 0 Å². The van der Waals surface area contributed by atoms with Crippen molar-refractivity contribution in [3.05, 3.63) is 48.6 Å². The second-order valence-electron chi connectivity index (χ2n) is 7.05. The van der Waals surface area contributed by atoms with E-state index >= 15 is 0 Å². The van der Waals surface area contributed by atoms with Crippen molar-refractivity contribution >= 4 is 11.6 Å². The highest BCUT2D eigenvalue weighted by Gasteiger charge is 2.09. The minimum atomic E-state index is 0.365. The normalized spacial score (nSPS) is 21.4. The Morgan fingerprint density at radius 3 is 1.84 bits per heavy atom. The second-order valence-corrected chi connectivity index (χ2v) is 7.31. The molecule has 0 aromatic rings. The van der Waals surface area contributed by atoms with Crippen molar-refractivity contribution in [3.63, 3.8) is 0 Å². The molecular weight excluding hydrogens is 332 g/mol. The summed E-state index contributed by atoms with van der Waals surface area (Å²) in [6, 6.07) is 0. The van der Waals surface area contributed by atoms with Crippen molar-refractivity contribution in [2.75, 3.05) is 25.7 Å². The lowest BCUT2D eigenvalue weighted by Crippen LogP contribution is -2.11. The maximum absolute atomic E-state index is 8.66. The third-order valence-corrected chi connectivity index (χ3v) is 4.40. The van der Waals surface area contributed by atoms with E-state index < -0.39 is 0 Å². The molecule has 3 heteroatoms. The minimum Gasteiger partial charge on any atom is -0.396 e. The number of rotatable bonds is 6. The van der Waals surface area contributed by atoms with E-state index in [1.54, 1.807) is 0 Å². The van der Waals surface area contributed by atoms with E-state index in [4.69, 9.17) is 21.4 Å². The van der Waals surface area contributed by atoms with Crippen LogP contribution in [0.1, 0.15) is 52.4 Å². The Morgan fingerprint density at radius 2 is 1.52 bits per heavy atom. The number of halogens is 1. The fraction of sp³-hybridized carbons (Fsp3) is 0.636. The zero-order chi connectivity index (χ0) is 18.9. The standard InChI is InChI=1S/C11H18O.C7H12O.C4H7Cl/c1-10(2)8-12-9-11-6-4-3-5-7-11;8-6-7-4-2-1-3-5-7;1-4(2)3-5/h3-4,11H,1,5-9H2,2H3;1-2,7-8H,3-6H2;1,3H2,2H3. The number of aliphatic hydroxyl groups excluding tert-OH is 1. The minimum absolute atomic E-state index is 0.365. The fourth-order valence-electron chi connectivity index (χ4n) is 2.43. The lowest BCUT2D eigenvalue weighted by molar-refractivity contribution is 0.114. The third-order valence-electron chi connectivity index (χ3n) is 3.94. The lowest BCUT2D eigenvalue weighted by Gasteiger charge is -2.17. The second kappa shape index (κ2) is 16.6. The first kappa shape index (κ1) is 24.2. The molecule has 2 unspecified atom stereocenters. The molecule has 0 aromatic carbocycles. The summed E-state index contributed by atoms with van der Waals surface area (Å²) in [4.78, 5) is 0. The molecule has 2 nitrogen and oxygen atoms in total. The van der Waals surface area contributed by atoms with Crippen LogP contribution in [0.4, 0.5) is 0 Å². The Kier molecular flexibility index (Phi) is 16.1. The maximum Gasteiger partial charge on any atom is 0.0671 e. The fourth-order valence-corrected chi connectivity index (χ4v) is 2.43. The van der Waals surface area contributed by atoms with Crippen molar-refractivity contribution in [1.82, 2.24) is 0 Å². The smallest absolute Gasteiger partial charge is 0.0671 e. The first-order valence-electron chi connectivity index (χ1n) is 9.32. The van der Waals surface area contributed by atoms with E-state index in [9.17, 15) is 0 Å². The molecule has 0 radical (unpaired) electrons. The molecule has 144 valence electrons. The summed E-state index contributed by atoms with van der Waals surface area (Å²) >= 11 is 5.24. The molecule has 25 heavy (non-hydrogen) atoms. The molecule has 0 saturated heterocycles. The molecule has 0 saturated carbocycles. The average molecular weight is 369 g/mol. The highest BCUT2D eigenvalue weighted by Crippen LogP contribution is 2.18. The molecule has 2 rings (SSSR count). The van der Waals surface area contributed by atoms with E-state index in [0.717, 1.165) is 43.1 Å². The topological polar surface area (TPSA) is 29.5 Å². The van der Waals surface area contributed by atoms with E-state index in [2.05, 4.69) is 37.5 Å². The lowest BCUT2D eigenvalue weighted by atomic mass is 9.95. The van der Waals surface area contributed by atoms with Gasteiger partial charge in [0.2, 0.25) is 0 Å². The molecule has 2 aliphatic rings. The predicted molar refractivity (Wildman–Crippen MR) is 111 cm³/mol. The van der Waals surface area contributed by atoms with Crippen molar-refractivity contribution in [3.8, 4) is 0 Å². The van der Waals surface area contributed by atoms with Crippen LogP contribution < -0.4 is 0 Å². The van der Waals surface area contributed by atoms with Crippen LogP contribution in [0.15, 0.2) is 48.6 Å². The summed E-state index contributed by atoms with van der Waals surface area (Å²) < 4.78 is 5.50. The van der Waals surface area contributed by atoms with Crippen molar-refractivity contribution < 1.29 is 9.84 Å². The predicted octanol–water partition coefficient (Wildman–Crippen LogP) is 6.07. The van der Waals surface area contributed by atoms with E-state index in [1.165, 1.54) is 25.7 Å². The molecule has 1 N–H and O–H groups in total. The van der Waals surface area contributed by atoms with Crippen LogP contribution in [0.2, 0.25) is 0 Å². The van der Waals surface area contributed by atoms with Crippen LogP contribution >= 0.6 is 11.6 Å². The molecule has 0 heterocycles. The molecule has 0 spiro atoms. The van der Waals surface area contributed by atoms with Gasteiger partial charge >= 0.3 is 0 Å². The zero-order valence-corrected chi connectivity index (χ0v) is 16.9. The summed E-state index contributed by atoms with van der Waals surface area (Å²) in [5, 5.41) is 8.66. The van der Waals surface area contributed by atoms with Gasteiger partial charge in [-0.1, -0.05) is 48.6 Å². The average Bonchev–Trinajstić information content (AvgIpc) is 2.64. The summed E-state index contributed by atoms with van der Waals surface area (Å²) in [6.07, 6.45) is 16.0. The van der Waals surface area contributed by atoms with Gasteiger partial charge in [0.15, 0.2) is 0 Å². The molecule has 0 bridgehead atoms. The first-order chi connectivity index (χ1) is 12.0. The van der Waals surface area contributed by atoms with Crippen LogP contribution in [0.5, 0.6) is 0 Å². The van der Waals surface area contributed by atoms with Gasteiger partial charge in [-0.25, -0.2) is 0 Å². The Balaban J connectivity index is 0.000000382. The van der Waals surface area contributed by atoms with Gasteiger partial charge < -0.3 is 9.84 Å². The third kappa shape index (κ3) is 16.4. The highest BCUT2D eigenvalue weighted by atomic mass is 35.5. The van der Waals surface area contributed by atoms with Crippen molar-refractivity contribution in [1.29, 1.82) is 0 Å². The summed E-state index contributed by atoms with van der Waals surface area (Å²) in [5.41, 5.74) is 2.13. The van der Waals surface area contributed by atoms with Gasteiger partial charge in [-0.05, 0) is 64.2 Å². The number of aliphatic hydroxyl groups is 1. The first-order valence-corrected chi connectivity index (χ1v) is 9.86. The van der Waals surface area contributed by atoms with E-state index in [0.29, 0.717) is 18.4 Å². The quantitative estimate of drug-likeness (QED) is 0.455. The molecule has 2 aliphatic carbocycles. The molecule has 0 fully saturated rings. The SMILES string of the molecule is C=C(C)CCl.C=C(C)COCC1CC=CCC1.OCC1CC=CCC1. The summed E-state index contributed by atoms with van der Waals surface area (Å²) in [6.45, 7) is 13.2. The Hall–Kier alpha value is -0.830. The van der Waals surface area contributed by atoms with Crippen LogP contribution in [0, 0.1) is 11.8 Å². The highest BCUT2D eigenvalue weighted by molar-refractivity contribution is 6.19. The monoisotopic (exact) mass is 368 g/mol. The zero-order valence-electron chi connectivity index (χ0n) is 16.2. The number of allylic oxidation sites excluding steroid dienone is 5. The van der Waals surface area contributed by atoms with Crippen LogP contribution in [0.3, 0.4) is 0 Å². The van der Waals surface area contributed by atoms with Crippen LogP contribution in [-0.4, -0.2) is 30.8 Å². The molecule has 2 atom stereocenters. The van der Waals surface area contributed by atoms with Crippen molar-refractivity contribution in [2.45, 2.75) is 52.4 Å². The number of alkyl halides is 1. The van der Waals surface area contributed by atoms with Gasteiger partial charge in [-0.3, -0.25) is 0 Å². The van der Waals surface area contributed by atoms with E-state index in [-0.39, 0.29) is 0 Å². The Labute approximate surface area is 160 Å². The maximum atomic E-state index is 8.66. The van der Waals surface area contributed by atoms with Gasteiger partial charge in [-0.15, -0.1) is 11.6 Å². The molecular formula is C22H37ClO2. The van der Waals surface area contributed by atoms with Gasteiger partial charge in [0.05, 0.1) is 13.2 Å². The van der Waals surface area contributed by atoms with Gasteiger partial charge in [0, 0.05) is 12.5 Å². The molecule has 0 aliphatic heterocycles.